The second kappa shape index (κ2) is 8.32. The van der Waals surface area contributed by atoms with Gasteiger partial charge in [0.15, 0.2) is 0 Å². The predicted octanol–water partition coefficient (Wildman–Crippen LogP) is 3.14. The van der Waals surface area contributed by atoms with Gasteiger partial charge in [-0.15, -0.1) is 0 Å². The molecule has 0 saturated carbocycles. The minimum atomic E-state index is -0.635. The van der Waals surface area contributed by atoms with Gasteiger partial charge in [-0.25, -0.2) is 4.39 Å². The van der Waals surface area contributed by atoms with Gasteiger partial charge in [0.25, 0.3) is 0 Å². The smallest absolute Gasteiger partial charge is 0.222 e. The van der Waals surface area contributed by atoms with Crippen LogP contribution < -0.4 is 4.74 Å². The van der Waals surface area contributed by atoms with Gasteiger partial charge in [-0.05, 0) is 42.2 Å². The lowest BCUT2D eigenvalue weighted by atomic mass is 9.87. The fourth-order valence-electron chi connectivity index (χ4n) is 3.57. The number of methoxy groups -OCH3 is 1. The molecule has 0 radical (unpaired) electrons. The Balaban J connectivity index is 1.56. The molecule has 0 bridgehead atoms. The zero-order valence-electron chi connectivity index (χ0n) is 14.9. The fourth-order valence-corrected chi connectivity index (χ4v) is 3.57. The third-order valence-electron chi connectivity index (χ3n) is 5.03. The Morgan fingerprint density at radius 1 is 1.23 bits per heavy atom. The molecule has 138 valence electrons. The molecule has 1 aliphatic rings. The van der Waals surface area contributed by atoms with E-state index in [0.717, 1.165) is 16.9 Å². The maximum atomic E-state index is 13.1. The number of carbonyl (C=O) groups excluding carboxylic acids is 1. The first-order chi connectivity index (χ1) is 12.6. The zero-order chi connectivity index (χ0) is 18.5. The molecule has 1 aliphatic heterocycles. The van der Waals surface area contributed by atoms with E-state index >= 15 is 0 Å². The topological polar surface area (TPSA) is 49.8 Å². The highest BCUT2D eigenvalue weighted by Gasteiger charge is 2.30. The van der Waals surface area contributed by atoms with E-state index in [0.29, 0.717) is 32.4 Å². The van der Waals surface area contributed by atoms with Gasteiger partial charge >= 0.3 is 0 Å². The van der Waals surface area contributed by atoms with Gasteiger partial charge in [-0.1, -0.05) is 30.3 Å². The van der Waals surface area contributed by atoms with Gasteiger partial charge in [0.2, 0.25) is 5.91 Å². The highest BCUT2D eigenvalue weighted by molar-refractivity contribution is 5.76. The van der Waals surface area contributed by atoms with Crippen LogP contribution in [0.25, 0.3) is 0 Å². The Kier molecular flexibility index (Phi) is 5.89. The molecule has 1 fully saturated rings. The number of likely N-dealkylation sites (tertiary alicyclic amines) is 1. The van der Waals surface area contributed by atoms with Crippen LogP contribution in [0.2, 0.25) is 0 Å². The van der Waals surface area contributed by atoms with E-state index in [1.54, 1.807) is 24.1 Å². The third-order valence-corrected chi connectivity index (χ3v) is 5.03. The summed E-state index contributed by atoms with van der Waals surface area (Å²) >= 11 is 0. The molecule has 1 saturated heterocycles. The highest BCUT2D eigenvalue weighted by Crippen LogP contribution is 2.29. The Bertz CT molecular complexity index is 747. The molecule has 5 heteroatoms. The van der Waals surface area contributed by atoms with Gasteiger partial charge < -0.3 is 14.7 Å². The molecular weight excluding hydrogens is 333 g/mol. The molecule has 0 unspecified atom stereocenters. The molecule has 2 aromatic rings. The first-order valence-electron chi connectivity index (χ1n) is 8.91. The van der Waals surface area contributed by atoms with Crippen molar-refractivity contribution in [3.05, 3.63) is 65.5 Å². The Morgan fingerprint density at radius 3 is 2.65 bits per heavy atom. The van der Waals surface area contributed by atoms with Gasteiger partial charge in [0.05, 0.1) is 13.2 Å². The molecule has 2 aromatic carbocycles. The number of piperidine rings is 1. The van der Waals surface area contributed by atoms with Crippen LogP contribution in [0.5, 0.6) is 5.75 Å². The molecule has 1 heterocycles. The van der Waals surface area contributed by atoms with Crippen molar-refractivity contribution >= 4 is 5.91 Å². The maximum absolute atomic E-state index is 13.1. The van der Waals surface area contributed by atoms with E-state index in [9.17, 15) is 14.3 Å². The summed E-state index contributed by atoms with van der Waals surface area (Å²) in [6.45, 7) is 0.913. The Morgan fingerprint density at radius 2 is 1.96 bits per heavy atom. The third kappa shape index (κ3) is 4.22. The van der Waals surface area contributed by atoms with Crippen molar-refractivity contribution in [1.29, 1.82) is 0 Å². The first kappa shape index (κ1) is 18.4. The number of aryl methyl sites for hydroxylation is 1. The van der Waals surface area contributed by atoms with Crippen molar-refractivity contribution in [2.45, 2.75) is 31.3 Å². The molecule has 4 nitrogen and oxygen atoms in total. The zero-order valence-corrected chi connectivity index (χ0v) is 14.9. The van der Waals surface area contributed by atoms with Gasteiger partial charge in [0.1, 0.15) is 11.6 Å². The van der Waals surface area contributed by atoms with Gasteiger partial charge in [-0.3, -0.25) is 4.79 Å². The summed E-state index contributed by atoms with van der Waals surface area (Å²) in [5, 5.41) is 10.5. The molecule has 0 spiro atoms. The van der Waals surface area contributed by atoms with Crippen molar-refractivity contribution in [1.82, 2.24) is 4.90 Å². The SMILES string of the molecule is COc1ccccc1CCC(=O)N1CC[C@H](c2ccc(F)cc2)[C@@H](O)C1. The molecule has 1 N–H and O–H groups in total. The van der Waals surface area contributed by atoms with Crippen molar-refractivity contribution in [3.63, 3.8) is 0 Å². The lowest BCUT2D eigenvalue weighted by Gasteiger charge is -2.36. The van der Waals surface area contributed by atoms with Crippen LogP contribution in [0.15, 0.2) is 48.5 Å². The molecular formula is C21H24FNO3. The number of β-amino-alcohol motifs (C(OH)–C–C–N with tert-alkyl or cyclic N) is 1. The van der Waals surface area contributed by atoms with Crippen molar-refractivity contribution < 1.29 is 19.0 Å². The van der Waals surface area contributed by atoms with Gasteiger partial charge in [0, 0.05) is 25.4 Å². The number of ether oxygens (including phenoxy) is 1. The number of hydrogen-bond donors (Lipinski definition) is 1. The van der Waals surface area contributed by atoms with Crippen LogP contribution in [0.3, 0.4) is 0 Å². The van der Waals surface area contributed by atoms with Crippen LogP contribution in [0, 0.1) is 5.82 Å². The minimum Gasteiger partial charge on any atom is -0.496 e. The monoisotopic (exact) mass is 357 g/mol. The molecule has 0 aromatic heterocycles. The highest BCUT2D eigenvalue weighted by atomic mass is 19.1. The van der Waals surface area contributed by atoms with Crippen molar-refractivity contribution in [3.8, 4) is 5.75 Å². The van der Waals surface area contributed by atoms with Crippen molar-refractivity contribution in [2.24, 2.45) is 0 Å². The lowest BCUT2D eigenvalue weighted by Crippen LogP contribution is -2.45. The number of amides is 1. The summed E-state index contributed by atoms with van der Waals surface area (Å²) in [6.07, 6.45) is 1.03. The molecule has 0 aliphatic carbocycles. The molecule has 2 atom stereocenters. The standard InChI is InChI=1S/C21H24FNO3/c1-26-20-5-3-2-4-16(20)8-11-21(25)23-13-12-18(19(24)14-23)15-6-9-17(22)10-7-15/h2-7,9-10,18-19,24H,8,11-14H2,1H3/t18-,19+/m1/s1. The van der Waals surface area contributed by atoms with E-state index in [2.05, 4.69) is 0 Å². The number of hydrogen-bond acceptors (Lipinski definition) is 3. The van der Waals surface area contributed by atoms with Crippen LogP contribution in [-0.4, -0.2) is 42.2 Å². The van der Waals surface area contributed by atoms with E-state index in [1.807, 2.05) is 24.3 Å². The second-order valence-corrected chi connectivity index (χ2v) is 6.67. The number of aliphatic hydroxyl groups excluding tert-OH is 1. The fraction of sp³-hybridized carbons (Fsp3) is 0.381. The molecule has 3 rings (SSSR count). The number of aliphatic hydroxyl groups is 1. The van der Waals surface area contributed by atoms with E-state index in [4.69, 9.17) is 4.74 Å². The summed E-state index contributed by atoms with van der Waals surface area (Å²) in [5.74, 6) is 0.476. The number of para-hydroxylation sites is 1. The number of carbonyl (C=O) groups is 1. The van der Waals surface area contributed by atoms with Crippen LogP contribution >= 0.6 is 0 Å². The van der Waals surface area contributed by atoms with Crippen molar-refractivity contribution in [2.75, 3.05) is 20.2 Å². The average Bonchev–Trinajstić information content (AvgIpc) is 2.67. The van der Waals surface area contributed by atoms with Gasteiger partial charge in [-0.2, -0.15) is 0 Å². The average molecular weight is 357 g/mol. The van der Waals surface area contributed by atoms with E-state index < -0.39 is 6.10 Å². The van der Waals surface area contributed by atoms with E-state index in [-0.39, 0.29) is 17.6 Å². The summed E-state index contributed by atoms with van der Waals surface area (Å²) in [6, 6.07) is 13.9. The largest absolute Gasteiger partial charge is 0.496 e. The van der Waals surface area contributed by atoms with Crippen LogP contribution in [0.1, 0.15) is 29.9 Å². The normalized spacial score (nSPS) is 20.0. The number of rotatable bonds is 5. The van der Waals surface area contributed by atoms with E-state index in [1.165, 1.54) is 12.1 Å². The number of benzene rings is 2. The summed E-state index contributed by atoms with van der Waals surface area (Å²) in [7, 11) is 1.62. The van der Waals surface area contributed by atoms with Crippen LogP contribution in [0.4, 0.5) is 4.39 Å². The number of nitrogens with zero attached hydrogens (tertiary/aromatic N) is 1. The summed E-state index contributed by atoms with van der Waals surface area (Å²) in [4.78, 5) is 14.3. The van der Waals surface area contributed by atoms with Crippen LogP contribution in [-0.2, 0) is 11.2 Å². The second-order valence-electron chi connectivity index (χ2n) is 6.67. The first-order valence-corrected chi connectivity index (χ1v) is 8.91. The maximum Gasteiger partial charge on any atom is 0.222 e. The molecule has 1 amide bonds. The molecule has 26 heavy (non-hydrogen) atoms. The minimum absolute atomic E-state index is 0.0347. The Labute approximate surface area is 153 Å². The number of halogens is 1. The summed E-state index contributed by atoms with van der Waals surface area (Å²) in [5.41, 5.74) is 1.92. The summed E-state index contributed by atoms with van der Waals surface area (Å²) < 4.78 is 18.4. The lowest BCUT2D eigenvalue weighted by molar-refractivity contribution is -0.134. The quantitative estimate of drug-likeness (QED) is 0.894. The Hall–Kier alpha value is -2.40. The predicted molar refractivity (Wildman–Crippen MR) is 97.7 cm³/mol.